The zero-order valence-electron chi connectivity index (χ0n) is 13.7. The number of rotatable bonds is 6. The van der Waals surface area contributed by atoms with Crippen molar-refractivity contribution in [2.45, 2.75) is 19.3 Å². The van der Waals surface area contributed by atoms with Crippen LogP contribution in [-0.2, 0) is 6.42 Å². The lowest BCUT2D eigenvalue weighted by Crippen LogP contribution is -2.30. The summed E-state index contributed by atoms with van der Waals surface area (Å²) in [4.78, 5) is 30.3. The van der Waals surface area contributed by atoms with Crippen LogP contribution in [-0.4, -0.2) is 35.3 Å². The van der Waals surface area contributed by atoms with Gasteiger partial charge in [-0.05, 0) is 36.5 Å². The summed E-state index contributed by atoms with van der Waals surface area (Å²) < 4.78 is 0. The highest BCUT2D eigenvalue weighted by molar-refractivity contribution is 5.97. The number of pyridine rings is 1. The van der Waals surface area contributed by atoms with Gasteiger partial charge < -0.3 is 10.6 Å². The van der Waals surface area contributed by atoms with Gasteiger partial charge in [-0.25, -0.2) is 4.98 Å². The molecule has 5 nitrogen and oxygen atoms in total. The number of amides is 2. The minimum absolute atomic E-state index is 0.167. The van der Waals surface area contributed by atoms with E-state index in [2.05, 4.69) is 4.98 Å². The molecule has 1 saturated carbocycles. The van der Waals surface area contributed by atoms with E-state index in [0.717, 1.165) is 12.1 Å². The van der Waals surface area contributed by atoms with Crippen LogP contribution >= 0.6 is 0 Å². The fraction of sp³-hybridized carbons (Fsp3) is 0.316. The van der Waals surface area contributed by atoms with Crippen LogP contribution in [0.5, 0.6) is 0 Å². The molecule has 24 heavy (non-hydrogen) atoms. The van der Waals surface area contributed by atoms with E-state index < -0.39 is 5.91 Å². The van der Waals surface area contributed by atoms with Crippen LogP contribution in [0.3, 0.4) is 0 Å². The Bertz CT molecular complexity index is 754. The average molecular weight is 323 g/mol. The van der Waals surface area contributed by atoms with Crippen LogP contribution < -0.4 is 5.73 Å². The van der Waals surface area contributed by atoms with Crippen molar-refractivity contribution in [2.24, 2.45) is 11.7 Å². The summed E-state index contributed by atoms with van der Waals surface area (Å²) in [5, 5.41) is 0. The highest BCUT2D eigenvalue weighted by Crippen LogP contribution is 2.29. The van der Waals surface area contributed by atoms with Crippen molar-refractivity contribution in [3.05, 3.63) is 65.0 Å². The number of nitrogens with two attached hydrogens (primary N) is 1. The smallest absolute Gasteiger partial charge is 0.272 e. The van der Waals surface area contributed by atoms with E-state index >= 15 is 0 Å². The minimum Gasteiger partial charge on any atom is -0.366 e. The molecular weight excluding hydrogens is 302 g/mol. The molecule has 124 valence electrons. The van der Waals surface area contributed by atoms with Crippen LogP contribution in [0.1, 0.15) is 44.9 Å². The molecule has 0 bridgehead atoms. The summed E-state index contributed by atoms with van der Waals surface area (Å²) in [6.07, 6.45) is 2.89. The third kappa shape index (κ3) is 3.98. The Labute approximate surface area is 141 Å². The van der Waals surface area contributed by atoms with Crippen molar-refractivity contribution in [1.82, 2.24) is 9.88 Å². The van der Waals surface area contributed by atoms with Gasteiger partial charge in [0.15, 0.2) is 0 Å². The Morgan fingerprint density at radius 3 is 2.54 bits per heavy atom. The number of benzene rings is 1. The van der Waals surface area contributed by atoms with Crippen molar-refractivity contribution < 1.29 is 9.59 Å². The Kier molecular flexibility index (Phi) is 4.60. The van der Waals surface area contributed by atoms with E-state index in [-0.39, 0.29) is 11.6 Å². The first-order valence-corrected chi connectivity index (χ1v) is 8.13. The average Bonchev–Trinajstić information content (AvgIpc) is 3.38. The van der Waals surface area contributed by atoms with E-state index in [0.29, 0.717) is 23.6 Å². The van der Waals surface area contributed by atoms with Gasteiger partial charge in [-0.1, -0.05) is 30.3 Å². The molecule has 2 aromatic rings. The van der Waals surface area contributed by atoms with Gasteiger partial charge in [0.1, 0.15) is 5.69 Å². The Morgan fingerprint density at radius 2 is 1.92 bits per heavy atom. The molecule has 3 rings (SSSR count). The van der Waals surface area contributed by atoms with Crippen LogP contribution in [0.25, 0.3) is 0 Å². The second kappa shape index (κ2) is 6.83. The molecule has 0 radical (unpaired) electrons. The Morgan fingerprint density at radius 1 is 1.21 bits per heavy atom. The lowest BCUT2D eigenvalue weighted by Gasteiger charge is -2.17. The number of hydrogen-bond acceptors (Lipinski definition) is 3. The van der Waals surface area contributed by atoms with Gasteiger partial charge in [0.05, 0.1) is 0 Å². The fourth-order valence-electron chi connectivity index (χ4n) is 2.70. The molecule has 0 aliphatic heterocycles. The maximum atomic E-state index is 12.6. The summed E-state index contributed by atoms with van der Waals surface area (Å²) in [6.45, 7) is 0.731. The lowest BCUT2D eigenvalue weighted by atomic mass is 10.1. The first-order valence-electron chi connectivity index (χ1n) is 8.13. The van der Waals surface area contributed by atoms with E-state index in [1.807, 2.05) is 30.3 Å². The summed E-state index contributed by atoms with van der Waals surface area (Å²) >= 11 is 0. The number of primary amides is 1. The first kappa shape index (κ1) is 16.2. The summed E-state index contributed by atoms with van der Waals surface area (Å²) in [5.41, 5.74) is 7.75. The number of nitrogens with zero attached hydrogens (tertiary/aromatic N) is 2. The van der Waals surface area contributed by atoms with E-state index in [1.54, 1.807) is 18.0 Å². The third-order valence-electron chi connectivity index (χ3n) is 4.19. The second-order valence-corrected chi connectivity index (χ2v) is 6.39. The van der Waals surface area contributed by atoms with Crippen LogP contribution in [0.15, 0.2) is 42.5 Å². The molecular formula is C19H21N3O2. The topological polar surface area (TPSA) is 76.3 Å². The summed E-state index contributed by atoms with van der Waals surface area (Å²) in [7, 11) is 1.77. The molecule has 2 N–H and O–H groups in total. The fourth-order valence-corrected chi connectivity index (χ4v) is 2.70. The largest absolute Gasteiger partial charge is 0.366 e. The highest BCUT2D eigenvalue weighted by atomic mass is 16.2. The van der Waals surface area contributed by atoms with Crippen molar-refractivity contribution in [1.29, 1.82) is 0 Å². The molecule has 0 spiro atoms. The Balaban J connectivity index is 1.87. The van der Waals surface area contributed by atoms with Gasteiger partial charge in [-0.15, -0.1) is 0 Å². The lowest BCUT2D eigenvalue weighted by molar-refractivity contribution is 0.0782. The van der Waals surface area contributed by atoms with E-state index in [4.69, 9.17) is 5.73 Å². The molecule has 0 saturated heterocycles. The second-order valence-electron chi connectivity index (χ2n) is 6.39. The normalized spacial score (nSPS) is 13.5. The van der Waals surface area contributed by atoms with Crippen molar-refractivity contribution in [3.8, 4) is 0 Å². The van der Waals surface area contributed by atoms with Gasteiger partial charge in [0.25, 0.3) is 5.91 Å². The Hall–Kier alpha value is -2.69. The monoisotopic (exact) mass is 323 g/mol. The summed E-state index contributed by atoms with van der Waals surface area (Å²) in [6, 6.07) is 13.0. The molecule has 2 amide bonds. The number of hydrogen-bond donors (Lipinski definition) is 1. The maximum absolute atomic E-state index is 12.6. The molecule has 1 heterocycles. The van der Waals surface area contributed by atoms with E-state index in [1.165, 1.54) is 18.9 Å². The van der Waals surface area contributed by atoms with Gasteiger partial charge >= 0.3 is 0 Å². The summed E-state index contributed by atoms with van der Waals surface area (Å²) in [5.74, 6) is -0.119. The van der Waals surface area contributed by atoms with Gasteiger partial charge in [-0.2, -0.15) is 0 Å². The molecule has 0 atom stereocenters. The molecule has 1 aromatic heterocycles. The molecule has 1 fully saturated rings. The van der Waals surface area contributed by atoms with Gasteiger partial charge in [-0.3, -0.25) is 9.59 Å². The van der Waals surface area contributed by atoms with Crippen LogP contribution in [0.2, 0.25) is 0 Å². The minimum atomic E-state index is -0.550. The van der Waals surface area contributed by atoms with Gasteiger partial charge in [0.2, 0.25) is 5.91 Å². The van der Waals surface area contributed by atoms with Crippen molar-refractivity contribution in [3.63, 3.8) is 0 Å². The molecule has 1 aromatic carbocycles. The third-order valence-corrected chi connectivity index (χ3v) is 4.19. The van der Waals surface area contributed by atoms with E-state index in [9.17, 15) is 9.59 Å². The standard InChI is InChI=1S/C19H21N3O2/c1-22(12-14-7-8-14)19(24)17-11-15(18(20)23)10-16(21-17)9-13-5-3-2-4-6-13/h2-6,10-11,14H,7-9,12H2,1H3,(H2,20,23). The number of carbonyl (C=O) groups is 2. The predicted octanol–water partition coefficient (Wildman–Crippen LogP) is 2.25. The molecule has 5 heteroatoms. The van der Waals surface area contributed by atoms with Crippen molar-refractivity contribution in [2.75, 3.05) is 13.6 Å². The van der Waals surface area contributed by atoms with Gasteiger partial charge in [0, 0.05) is 31.3 Å². The predicted molar refractivity (Wildman–Crippen MR) is 91.7 cm³/mol. The SMILES string of the molecule is CN(CC1CC1)C(=O)c1cc(C(N)=O)cc(Cc2ccccc2)n1. The molecule has 1 aliphatic carbocycles. The zero-order valence-corrected chi connectivity index (χ0v) is 13.7. The van der Waals surface area contributed by atoms with Crippen LogP contribution in [0, 0.1) is 5.92 Å². The first-order chi connectivity index (χ1) is 11.5. The number of carbonyl (C=O) groups excluding carboxylic acids is 2. The molecule has 0 unspecified atom stereocenters. The quantitative estimate of drug-likeness (QED) is 0.886. The number of aromatic nitrogens is 1. The van der Waals surface area contributed by atoms with Crippen LogP contribution in [0.4, 0.5) is 0 Å². The zero-order chi connectivity index (χ0) is 17.1. The maximum Gasteiger partial charge on any atom is 0.272 e. The molecule has 1 aliphatic rings. The van der Waals surface area contributed by atoms with Crippen molar-refractivity contribution >= 4 is 11.8 Å². The highest BCUT2D eigenvalue weighted by Gasteiger charge is 2.26.